The van der Waals surface area contributed by atoms with Crippen LogP contribution in [0.5, 0.6) is 5.75 Å². The van der Waals surface area contributed by atoms with E-state index in [1.165, 1.54) is 0 Å². The molecule has 3 aromatic rings. The molecule has 0 unspecified atom stereocenters. The largest absolute Gasteiger partial charge is 0.497 e. The number of aromatic nitrogens is 2. The SMILES string of the molecule is COc1cccc(CNC(=O)c2nn(C)c3ccccc23)c1. The molecule has 112 valence electrons. The number of hydrogen-bond acceptors (Lipinski definition) is 3. The van der Waals surface area contributed by atoms with E-state index in [-0.39, 0.29) is 5.91 Å². The maximum Gasteiger partial charge on any atom is 0.272 e. The maximum atomic E-state index is 12.4. The number of benzene rings is 2. The van der Waals surface area contributed by atoms with E-state index in [4.69, 9.17) is 4.74 Å². The number of fused-ring (bicyclic) bond motifs is 1. The quantitative estimate of drug-likeness (QED) is 0.804. The van der Waals surface area contributed by atoms with Gasteiger partial charge in [0.05, 0.1) is 12.6 Å². The minimum Gasteiger partial charge on any atom is -0.497 e. The number of rotatable bonds is 4. The van der Waals surface area contributed by atoms with Crippen molar-refractivity contribution in [2.45, 2.75) is 6.54 Å². The van der Waals surface area contributed by atoms with Gasteiger partial charge in [0.2, 0.25) is 0 Å². The molecule has 0 saturated carbocycles. The Balaban J connectivity index is 1.79. The molecule has 3 rings (SSSR count). The summed E-state index contributed by atoms with van der Waals surface area (Å²) >= 11 is 0. The first-order valence-corrected chi connectivity index (χ1v) is 7.02. The van der Waals surface area contributed by atoms with Gasteiger partial charge in [-0.25, -0.2) is 0 Å². The van der Waals surface area contributed by atoms with E-state index in [0.29, 0.717) is 12.2 Å². The summed E-state index contributed by atoms with van der Waals surface area (Å²) in [6.45, 7) is 0.431. The van der Waals surface area contributed by atoms with Gasteiger partial charge in [-0.2, -0.15) is 5.10 Å². The number of nitrogens with zero attached hydrogens (tertiary/aromatic N) is 2. The normalized spacial score (nSPS) is 10.6. The summed E-state index contributed by atoms with van der Waals surface area (Å²) in [5, 5.41) is 8.07. The van der Waals surface area contributed by atoms with Crippen molar-refractivity contribution in [3.63, 3.8) is 0 Å². The molecule has 5 nitrogen and oxygen atoms in total. The number of para-hydroxylation sites is 1. The van der Waals surface area contributed by atoms with Crippen molar-refractivity contribution in [1.82, 2.24) is 15.1 Å². The van der Waals surface area contributed by atoms with E-state index in [1.54, 1.807) is 11.8 Å². The topological polar surface area (TPSA) is 56.1 Å². The van der Waals surface area contributed by atoms with E-state index in [9.17, 15) is 4.79 Å². The molecule has 1 aromatic heterocycles. The van der Waals surface area contributed by atoms with Gasteiger partial charge in [0.1, 0.15) is 5.75 Å². The maximum absolute atomic E-state index is 12.4. The van der Waals surface area contributed by atoms with Gasteiger partial charge in [-0.15, -0.1) is 0 Å². The third-order valence-electron chi connectivity index (χ3n) is 3.56. The molecule has 0 spiro atoms. The van der Waals surface area contributed by atoms with Crippen LogP contribution in [0, 0.1) is 0 Å². The molecule has 0 radical (unpaired) electrons. The highest BCUT2D eigenvalue weighted by Crippen LogP contribution is 2.17. The van der Waals surface area contributed by atoms with Crippen molar-refractivity contribution in [2.24, 2.45) is 7.05 Å². The highest BCUT2D eigenvalue weighted by Gasteiger charge is 2.15. The molecule has 0 bridgehead atoms. The first-order chi connectivity index (χ1) is 10.7. The molecular weight excluding hydrogens is 278 g/mol. The molecule has 5 heteroatoms. The van der Waals surface area contributed by atoms with Gasteiger partial charge in [0.25, 0.3) is 5.91 Å². The first kappa shape index (κ1) is 14.1. The molecule has 0 saturated heterocycles. The van der Waals surface area contributed by atoms with Crippen LogP contribution in [0.4, 0.5) is 0 Å². The predicted molar refractivity (Wildman–Crippen MR) is 84.9 cm³/mol. The number of carbonyl (C=O) groups is 1. The molecule has 0 atom stereocenters. The van der Waals surface area contributed by atoms with Crippen LogP contribution in [-0.4, -0.2) is 22.8 Å². The van der Waals surface area contributed by atoms with Crippen molar-refractivity contribution in [3.05, 3.63) is 59.8 Å². The Morgan fingerprint density at radius 2 is 2.05 bits per heavy atom. The second-order valence-corrected chi connectivity index (χ2v) is 5.02. The number of carbonyl (C=O) groups excluding carboxylic acids is 1. The average molecular weight is 295 g/mol. The Morgan fingerprint density at radius 3 is 2.86 bits per heavy atom. The number of methoxy groups -OCH3 is 1. The Hall–Kier alpha value is -2.82. The Kier molecular flexibility index (Phi) is 3.78. The number of nitrogens with one attached hydrogen (secondary N) is 1. The second kappa shape index (κ2) is 5.89. The summed E-state index contributed by atoms with van der Waals surface area (Å²) in [7, 11) is 3.46. The van der Waals surface area contributed by atoms with Crippen LogP contribution in [0.3, 0.4) is 0 Å². The highest BCUT2D eigenvalue weighted by atomic mass is 16.5. The lowest BCUT2D eigenvalue weighted by atomic mass is 10.2. The van der Waals surface area contributed by atoms with E-state index in [0.717, 1.165) is 22.2 Å². The van der Waals surface area contributed by atoms with Crippen molar-refractivity contribution < 1.29 is 9.53 Å². The fourth-order valence-corrected chi connectivity index (χ4v) is 2.43. The molecule has 2 aromatic carbocycles. The van der Waals surface area contributed by atoms with Crippen LogP contribution in [0.25, 0.3) is 10.9 Å². The van der Waals surface area contributed by atoms with Crippen molar-refractivity contribution in [3.8, 4) is 5.75 Å². The summed E-state index contributed by atoms with van der Waals surface area (Å²) in [4.78, 5) is 12.4. The lowest BCUT2D eigenvalue weighted by Gasteiger charge is -2.06. The number of amides is 1. The van der Waals surface area contributed by atoms with Gasteiger partial charge in [-0.3, -0.25) is 9.48 Å². The molecular formula is C17H17N3O2. The molecule has 22 heavy (non-hydrogen) atoms. The number of ether oxygens (including phenoxy) is 1. The molecule has 1 amide bonds. The molecule has 0 aliphatic heterocycles. The fraction of sp³-hybridized carbons (Fsp3) is 0.176. The van der Waals surface area contributed by atoms with Gasteiger partial charge in [0, 0.05) is 19.0 Å². The van der Waals surface area contributed by atoms with Crippen molar-refractivity contribution >= 4 is 16.8 Å². The van der Waals surface area contributed by atoms with Crippen LogP contribution >= 0.6 is 0 Å². The Labute approximate surface area is 128 Å². The minimum absolute atomic E-state index is 0.181. The monoisotopic (exact) mass is 295 g/mol. The van der Waals surface area contributed by atoms with Crippen LogP contribution in [0.1, 0.15) is 16.1 Å². The Morgan fingerprint density at radius 1 is 1.23 bits per heavy atom. The molecule has 1 N–H and O–H groups in total. The first-order valence-electron chi connectivity index (χ1n) is 7.02. The highest BCUT2D eigenvalue weighted by molar-refractivity contribution is 6.04. The lowest BCUT2D eigenvalue weighted by molar-refractivity contribution is 0.0946. The van der Waals surface area contributed by atoms with Gasteiger partial charge < -0.3 is 10.1 Å². The standard InChI is InChI=1S/C17H17N3O2/c1-20-15-9-4-3-8-14(15)16(19-20)17(21)18-11-12-6-5-7-13(10-12)22-2/h3-10H,11H2,1-2H3,(H,18,21). The van der Waals surface area contributed by atoms with Crippen LogP contribution in [0.2, 0.25) is 0 Å². The average Bonchev–Trinajstić information content (AvgIpc) is 2.90. The van der Waals surface area contributed by atoms with Gasteiger partial charge in [-0.05, 0) is 23.8 Å². The fourth-order valence-electron chi connectivity index (χ4n) is 2.43. The molecule has 0 fully saturated rings. The molecule has 1 heterocycles. The van der Waals surface area contributed by atoms with E-state index in [2.05, 4.69) is 10.4 Å². The predicted octanol–water partition coefficient (Wildman–Crippen LogP) is 2.51. The third kappa shape index (κ3) is 2.65. The minimum atomic E-state index is -0.181. The van der Waals surface area contributed by atoms with Crippen LogP contribution < -0.4 is 10.1 Å². The van der Waals surface area contributed by atoms with E-state index >= 15 is 0 Å². The lowest BCUT2D eigenvalue weighted by Crippen LogP contribution is -2.23. The summed E-state index contributed by atoms with van der Waals surface area (Å²) in [6, 6.07) is 15.3. The molecule has 0 aliphatic carbocycles. The zero-order valence-electron chi connectivity index (χ0n) is 12.5. The number of aryl methyl sites for hydroxylation is 1. The smallest absolute Gasteiger partial charge is 0.272 e. The Bertz CT molecular complexity index is 824. The summed E-state index contributed by atoms with van der Waals surface area (Å²) in [5.41, 5.74) is 2.36. The summed E-state index contributed by atoms with van der Waals surface area (Å²) in [5.74, 6) is 0.592. The van der Waals surface area contributed by atoms with E-state index < -0.39 is 0 Å². The zero-order valence-corrected chi connectivity index (χ0v) is 12.5. The summed E-state index contributed by atoms with van der Waals surface area (Å²) < 4.78 is 6.90. The second-order valence-electron chi connectivity index (χ2n) is 5.02. The zero-order chi connectivity index (χ0) is 15.5. The van der Waals surface area contributed by atoms with E-state index in [1.807, 2.05) is 55.6 Å². The van der Waals surface area contributed by atoms with Gasteiger partial charge in [0.15, 0.2) is 5.69 Å². The van der Waals surface area contributed by atoms with Crippen LogP contribution in [-0.2, 0) is 13.6 Å². The van der Waals surface area contributed by atoms with Crippen molar-refractivity contribution in [2.75, 3.05) is 7.11 Å². The number of hydrogen-bond donors (Lipinski definition) is 1. The summed E-state index contributed by atoms with van der Waals surface area (Å²) in [6.07, 6.45) is 0. The van der Waals surface area contributed by atoms with Crippen LogP contribution in [0.15, 0.2) is 48.5 Å². The molecule has 0 aliphatic rings. The van der Waals surface area contributed by atoms with Crippen molar-refractivity contribution in [1.29, 1.82) is 0 Å². The van der Waals surface area contributed by atoms with Gasteiger partial charge >= 0.3 is 0 Å². The van der Waals surface area contributed by atoms with Gasteiger partial charge in [-0.1, -0.05) is 30.3 Å². The third-order valence-corrected chi connectivity index (χ3v) is 3.56.